The zero-order chi connectivity index (χ0) is 16.7. The Hall–Kier alpha value is -2.20. The van der Waals surface area contributed by atoms with Crippen LogP contribution in [0.25, 0.3) is 0 Å². The molecule has 0 radical (unpaired) electrons. The summed E-state index contributed by atoms with van der Waals surface area (Å²) in [5.41, 5.74) is 1.06. The molecule has 1 N–H and O–H groups in total. The number of halogens is 1. The quantitative estimate of drug-likeness (QED) is 0.787. The number of aryl methyl sites for hydroxylation is 1. The molecule has 0 aliphatic rings. The van der Waals surface area contributed by atoms with Crippen LogP contribution in [0.3, 0.4) is 0 Å². The highest BCUT2D eigenvalue weighted by Crippen LogP contribution is 2.24. The van der Waals surface area contributed by atoms with Gasteiger partial charge in [0.25, 0.3) is 5.91 Å². The van der Waals surface area contributed by atoms with E-state index in [4.69, 9.17) is 21.1 Å². The van der Waals surface area contributed by atoms with Crippen molar-refractivity contribution in [3.8, 4) is 11.5 Å². The molecule has 2 rings (SSSR count). The number of carbonyl (C=O) groups is 1. The molecule has 5 heteroatoms. The highest BCUT2D eigenvalue weighted by molar-refractivity contribution is 6.32. The minimum atomic E-state index is -0.631. The average Bonchev–Trinajstić information content (AvgIpc) is 2.55. The Morgan fingerprint density at radius 3 is 2.48 bits per heavy atom. The summed E-state index contributed by atoms with van der Waals surface area (Å²) in [6.45, 7) is 4.47. The fourth-order valence-corrected chi connectivity index (χ4v) is 2.16. The maximum absolute atomic E-state index is 12.0. The van der Waals surface area contributed by atoms with E-state index in [1.165, 1.54) is 0 Å². The number of amides is 1. The van der Waals surface area contributed by atoms with E-state index in [2.05, 4.69) is 5.32 Å². The minimum absolute atomic E-state index is 0.210. The highest BCUT2D eigenvalue weighted by Gasteiger charge is 2.15. The van der Waals surface area contributed by atoms with Crippen LogP contribution in [0.1, 0.15) is 12.5 Å². The Labute approximate surface area is 141 Å². The van der Waals surface area contributed by atoms with Crippen molar-refractivity contribution in [1.82, 2.24) is 5.32 Å². The number of para-hydroxylation sites is 2. The molecular formula is C18H20ClNO3. The monoisotopic (exact) mass is 333 g/mol. The predicted molar refractivity (Wildman–Crippen MR) is 91.2 cm³/mol. The van der Waals surface area contributed by atoms with Gasteiger partial charge in [0.1, 0.15) is 18.1 Å². The first kappa shape index (κ1) is 17.2. The van der Waals surface area contributed by atoms with Crippen LogP contribution in [0.5, 0.6) is 11.5 Å². The Kier molecular flexibility index (Phi) is 6.29. The third-order valence-corrected chi connectivity index (χ3v) is 3.57. The number of carbonyl (C=O) groups excluding carboxylic acids is 1. The highest BCUT2D eigenvalue weighted by atomic mass is 35.5. The van der Waals surface area contributed by atoms with Crippen molar-refractivity contribution in [1.29, 1.82) is 0 Å². The lowest BCUT2D eigenvalue weighted by molar-refractivity contribution is -0.127. The van der Waals surface area contributed by atoms with E-state index in [9.17, 15) is 4.79 Å². The zero-order valence-corrected chi connectivity index (χ0v) is 14.0. The van der Waals surface area contributed by atoms with Crippen molar-refractivity contribution in [2.24, 2.45) is 0 Å². The lowest BCUT2D eigenvalue weighted by Gasteiger charge is -2.16. The molecule has 0 saturated carbocycles. The fraction of sp³-hybridized carbons (Fsp3) is 0.278. The first-order valence-corrected chi connectivity index (χ1v) is 7.83. The standard InChI is InChI=1S/C18H20ClNO3/c1-13-7-3-5-9-16(13)22-12-11-20-18(21)14(2)23-17-10-6-4-8-15(17)19/h3-10,14H,11-12H2,1-2H3,(H,20,21). The Morgan fingerprint density at radius 2 is 1.78 bits per heavy atom. The van der Waals surface area contributed by atoms with Gasteiger partial charge in [0.05, 0.1) is 11.6 Å². The second-order valence-corrected chi connectivity index (χ2v) is 5.50. The summed E-state index contributed by atoms with van der Waals surface area (Å²) in [7, 11) is 0. The second-order valence-electron chi connectivity index (χ2n) is 5.10. The number of benzene rings is 2. The van der Waals surface area contributed by atoms with E-state index in [1.807, 2.05) is 43.3 Å². The lowest BCUT2D eigenvalue weighted by atomic mass is 10.2. The van der Waals surface area contributed by atoms with Crippen LogP contribution < -0.4 is 14.8 Å². The van der Waals surface area contributed by atoms with Gasteiger partial charge >= 0.3 is 0 Å². The summed E-state index contributed by atoms with van der Waals surface area (Å²) in [5.74, 6) is 1.10. The molecule has 0 saturated heterocycles. The van der Waals surface area contributed by atoms with E-state index >= 15 is 0 Å². The van der Waals surface area contributed by atoms with E-state index in [0.717, 1.165) is 11.3 Å². The van der Waals surface area contributed by atoms with Crippen LogP contribution in [0, 0.1) is 6.92 Å². The first-order valence-electron chi connectivity index (χ1n) is 7.45. The molecule has 1 atom stereocenters. The maximum Gasteiger partial charge on any atom is 0.260 e. The molecule has 0 aliphatic carbocycles. The van der Waals surface area contributed by atoms with E-state index in [-0.39, 0.29) is 5.91 Å². The summed E-state index contributed by atoms with van der Waals surface area (Å²) in [6.07, 6.45) is -0.631. The van der Waals surface area contributed by atoms with E-state index in [1.54, 1.807) is 19.1 Å². The molecular weight excluding hydrogens is 314 g/mol. The van der Waals surface area contributed by atoms with Gasteiger partial charge in [-0.15, -0.1) is 0 Å². The van der Waals surface area contributed by atoms with Gasteiger partial charge in [0, 0.05) is 0 Å². The number of nitrogens with one attached hydrogen (secondary N) is 1. The molecule has 0 spiro atoms. The van der Waals surface area contributed by atoms with Crippen molar-refractivity contribution in [3.63, 3.8) is 0 Å². The molecule has 23 heavy (non-hydrogen) atoms. The Morgan fingerprint density at radius 1 is 1.13 bits per heavy atom. The van der Waals surface area contributed by atoms with Gasteiger partial charge in [0.2, 0.25) is 0 Å². The van der Waals surface area contributed by atoms with Crippen molar-refractivity contribution < 1.29 is 14.3 Å². The van der Waals surface area contributed by atoms with E-state index < -0.39 is 6.10 Å². The third kappa shape index (κ3) is 5.18. The molecule has 0 heterocycles. The third-order valence-electron chi connectivity index (χ3n) is 3.26. The van der Waals surface area contributed by atoms with Gasteiger partial charge in [-0.25, -0.2) is 0 Å². The molecule has 1 unspecified atom stereocenters. The Bertz CT molecular complexity index is 660. The lowest BCUT2D eigenvalue weighted by Crippen LogP contribution is -2.38. The van der Waals surface area contributed by atoms with Crippen LogP contribution >= 0.6 is 11.6 Å². The largest absolute Gasteiger partial charge is 0.491 e. The normalized spacial score (nSPS) is 11.6. The van der Waals surface area contributed by atoms with Gasteiger partial charge in [0.15, 0.2) is 6.10 Å². The summed E-state index contributed by atoms with van der Waals surface area (Å²) in [4.78, 5) is 12.0. The summed E-state index contributed by atoms with van der Waals surface area (Å²) >= 11 is 6.01. The topological polar surface area (TPSA) is 47.6 Å². The summed E-state index contributed by atoms with van der Waals surface area (Å²) in [6, 6.07) is 14.8. The van der Waals surface area contributed by atoms with E-state index in [0.29, 0.717) is 23.9 Å². The molecule has 2 aromatic carbocycles. The van der Waals surface area contributed by atoms with Gasteiger partial charge in [-0.1, -0.05) is 41.9 Å². The number of ether oxygens (including phenoxy) is 2. The van der Waals surface area contributed by atoms with Crippen LogP contribution in [0.4, 0.5) is 0 Å². The first-order chi connectivity index (χ1) is 11.1. The molecule has 4 nitrogen and oxygen atoms in total. The maximum atomic E-state index is 12.0. The zero-order valence-electron chi connectivity index (χ0n) is 13.2. The second kappa shape index (κ2) is 8.44. The van der Waals surface area contributed by atoms with Crippen LogP contribution in [-0.4, -0.2) is 25.2 Å². The molecule has 0 bridgehead atoms. The van der Waals surface area contributed by atoms with Crippen LogP contribution in [-0.2, 0) is 4.79 Å². The smallest absolute Gasteiger partial charge is 0.260 e. The summed E-state index contributed by atoms with van der Waals surface area (Å²) in [5, 5.41) is 3.26. The van der Waals surface area contributed by atoms with Crippen LogP contribution in [0.15, 0.2) is 48.5 Å². The van der Waals surface area contributed by atoms with Crippen molar-refractivity contribution in [2.45, 2.75) is 20.0 Å². The van der Waals surface area contributed by atoms with Crippen LogP contribution in [0.2, 0.25) is 5.02 Å². The number of rotatable bonds is 7. The van der Waals surface area contributed by atoms with Crippen molar-refractivity contribution in [2.75, 3.05) is 13.2 Å². The van der Waals surface area contributed by atoms with Crippen molar-refractivity contribution >= 4 is 17.5 Å². The van der Waals surface area contributed by atoms with Gasteiger partial charge < -0.3 is 14.8 Å². The number of hydrogen-bond donors (Lipinski definition) is 1. The van der Waals surface area contributed by atoms with Gasteiger partial charge in [-0.3, -0.25) is 4.79 Å². The minimum Gasteiger partial charge on any atom is -0.491 e. The molecule has 0 aromatic heterocycles. The average molecular weight is 334 g/mol. The van der Waals surface area contributed by atoms with Gasteiger partial charge in [-0.2, -0.15) is 0 Å². The molecule has 1 amide bonds. The molecule has 0 aliphatic heterocycles. The molecule has 0 fully saturated rings. The predicted octanol–water partition coefficient (Wildman–Crippen LogP) is 3.61. The van der Waals surface area contributed by atoms with Gasteiger partial charge in [-0.05, 0) is 37.6 Å². The molecule has 2 aromatic rings. The summed E-state index contributed by atoms with van der Waals surface area (Å²) < 4.78 is 11.2. The Balaban J connectivity index is 1.74. The number of hydrogen-bond acceptors (Lipinski definition) is 3. The SMILES string of the molecule is Cc1ccccc1OCCNC(=O)C(C)Oc1ccccc1Cl. The molecule has 122 valence electrons. The van der Waals surface area contributed by atoms with Crippen molar-refractivity contribution in [3.05, 3.63) is 59.1 Å². The fourth-order valence-electron chi connectivity index (χ4n) is 1.98.